The van der Waals surface area contributed by atoms with E-state index >= 15 is 0 Å². The maximum atomic E-state index is 10.4. The highest BCUT2D eigenvalue weighted by Crippen LogP contribution is 2.35. The fraction of sp³-hybridized carbons (Fsp3) is 0.368. The lowest BCUT2D eigenvalue weighted by Crippen LogP contribution is -2.42. The molecule has 1 aromatic carbocycles. The monoisotopic (exact) mass is 448 g/mol. The number of halogens is 1. The molecule has 0 amide bonds. The molecule has 0 saturated carbocycles. The summed E-state index contributed by atoms with van der Waals surface area (Å²) in [5, 5.41) is 13.6. The van der Waals surface area contributed by atoms with Crippen LogP contribution in [0.15, 0.2) is 41.1 Å². The predicted molar refractivity (Wildman–Crippen MR) is 112 cm³/mol. The SMILES string of the molecule is OC(CNc1ncnc2cc(-c3ccc(Br)cc3)sc12)CN1CCOCC1. The van der Waals surface area contributed by atoms with Gasteiger partial charge in [-0.05, 0) is 23.8 Å². The Kier molecular flexibility index (Phi) is 5.99. The predicted octanol–water partition coefficient (Wildman–Crippen LogP) is 3.23. The molecule has 4 rings (SSSR count). The molecule has 2 N–H and O–H groups in total. The fourth-order valence-corrected chi connectivity index (χ4v) is 4.44. The topological polar surface area (TPSA) is 70.5 Å². The molecule has 1 aliphatic rings. The highest BCUT2D eigenvalue weighted by Gasteiger charge is 2.16. The number of nitrogens with one attached hydrogen (secondary N) is 1. The van der Waals surface area contributed by atoms with Crippen LogP contribution in [0.3, 0.4) is 0 Å². The molecule has 3 heterocycles. The number of hydrogen-bond donors (Lipinski definition) is 2. The molecule has 0 radical (unpaired) electrons. The third-order valence-corrected chi connectivity index (χ3v) is 6.23. The lowest BCUT2D eigenvalue weighted by Gasteiger charge is -2.28. The number of rotatable bonds is 6. The first-order chi connectivity index (χ1) is 13.2. The summed E-state index contributed by atoms with van der Waals surface area (Å²) in [6, 6.07) is 10.3. The van der Waals surface area contributed by atoms with Crippen molar-refractivity contribution in [3.63, 3.8) is 0 Å². The van der Waals surface area contributed by atoms with E-state index in [0.717, 1.165) is 57.3 Å². The molecule has 0 spiro atoms. The lowest BCUT2D eigenvalue weighted by molar-refractivity contribution is 0.0171. The minimum Gasteiger partial charge on any atom is -0.390 e. The van der Waals surface area contributed by atoms with Crippen LogP contribution in [0.4, 0.5) is 5.82 Å². The van der Waals surface area contributed by atoms with Gasteiger partial charge in [-0.3, -0.25) is 4.90 Å². The van der Waals surface area contributed by atoms with Crippen LogP contribution in [0.1, 0.15) is 0 Å². The van der Waals surface area contributed by atoms with Crippen molar-refractivity contribution in [3.8, 4) is 10.4 Å². The average molecular weight is 449 g/mol. The number of thiophene rings is 1. The Bertz CT molecular complexity index is 896. The minimum atomic E-state index is -0.459. The normalized spacial score (nSPS) is 16.5. The summed E-state index contributed by atoms with van der Waals surface area (Å²) in [6.07, 6.45) is 1.11. The number of fused-ring (bicyclic) bond motifs is 1. The summed E-state index contributed by atoms with van der Waals surface area (Å²) in [4.78, 5) is 12.1. The maximum absolute atomic E-state index is 10.4. The highest BCUT2D eigenvalue weighted by molar-refractivity contribution is 9.10. The van der Waals surface area contributed by atoms with E-state index in [1.807, 2.05) is 12.1 Å². The Hall–Kier alpha value is -1.58. The van der Waals surface area contributed by atoms with Gasteiger partial charge in [0.05, 0.1) is 29.5 Å². The van der Waals surface area contributed by atoms with Gasteiger partial charge in [0.2, 0.25) is 0 Å². The quantitative estimate of drug-likeness (QED) is 0.603. The van der Waals surface area contributed by atoms with Gasteiger partial charge >= 0.3 is 0 Å². The average Bonchev–Trinajstić information content (AvgIpc) is 3.12. The number of ether oxygens (including phenoxy) is 1. The van der Waals surface area contributed by atoms with Gasteiger partial charge < -0.3 is 15.2 Å². The van der Waals surface area contributed by atoms with Crippen molar-refractivity contribution in [3.05, 3.63) is 41.1 Å². The van der Waals surface area contributed by atoms with Crippen LogP contribution in [0.25, 0.3) is 20.7 Å². The Balaban J connectivity index is 1.46. The zero-order valence-electron chi connectivity index (χ0n) is 14.8. The first-order valence-corrected chi connectivity index (χ1v) is 10.5. The molecule has 1 unspecified atom stereocenters. The van der Waals surface area contributed by atoms with Crippen LogP contribution in [0.5, 0.6) is 0 Å². The second-order valence-electron chi connectivity index (χ2n) is 6.50. The van der Waals surface area contributed by atoms with E-state index in [2.05, 4.69) is 54.3 Å². The van der Waals surface area contributed by atoms with Crippen LogP contribution in [0, 0.1) is 0 Å². The summed E-state index contributed by atoms with van der Waals surface area (Å²) in [5.74, 6) is 0.773. The van der Waals surface area contributed by atoms with Gasteiger partial charge in [-0.15, -0.1) is 11.3 Å². The van der Waals surface area contributed by atoms with Gasteiger partial charge in [-0.25, -0.2) is 9.97 Å². The van der Waals surface area contributed by atoms with E-state index in [4.69, 9.17) is 4.74 Å². The van der Waals surface area contributed by atoms with E-state index in [1.54, 1.807) is 17.7 Å². The first kappa shape index (κ1) is 18.8. The van der Waals surface area contributed by atoms with Crippen LogP contribution >= 0.6 is 27.3 Å². The number of aliphatic hydroxyl groups is 1. The molecule has 1 fully saturated rings. The van der Waals surface area contributed by atoms with Gasteiger partial charge in [0.25, 0.3) is 0 Å². The third kappa shape index (κ3) is 4.64. The number of benzene rings is 1. The van der Waals surface area contributed by atoms with Crippen LogP contribution in [-0.4, -0.2) is 65.5 Å². The molecule has 142 valence electrons. The molecule has 0 aliphatic carbocycles. The van der Waals surface area contributed by atoms with Gasteiger partial charge in [0, 0.05) is 35.5 Å². The molecule has 1 aliphatic heterocycles. The number of nitrogens with zero attached hydrogens (tertiary/aromatic N) is 3. The number of hydrogen-bond acceptors (Lipinski definition) is 7. The molecule has 3 aromatic rings. The molecular formula is C19H21BrN4O2S. The summed E-state index contributed by atoms with van der Waals surface area (Å²) in [6.45, 7) is 4.31. The van der Waals surface area contributed by atoms with Crippen LogP contribution in [-0.2, 0) is 4.74 Å². The summed E-state index contributed by atoms with van der Waals surface area (Å²) in [5.41, 5.74) is 2.07. The van der Waals surface area contributed by atoms with Gasteiger partial charge in [0.15, 0.2) is 0 Å². The zero-order chi connectivity index (χ0) is 18.6. The molecule has 1 saturated heterocycles. The number of morpholine rings is 1. The third-order valence-electron chi connectivity index (χ3n) is 4.52. The van der Waals surface area contributed by atoms with E-state index in [-0.39, 0.29) is 0 Å². The molecule has 27 heavy (non-hydrogen) atoms. The van der Waals surface area contributed by atoms with E-state index in [0.29, 0.717) is 13.1 Å². The molecule has 1 atom stereocenters. The second kappa shape index (κ2) is 8.62. The Morgan fingerprint density at radius 2 is 2.00 bits per heavy atom. The van der Waals surface area contributed by atoms with Gasteiger partial charge in [0.1, 0.15) is 12.1 Å². The standard InChI is InChI=1S/C19H21BrN4O2S/c20-14-3-1-13(2-4-14)17-9-16-18(27-17)19(23-12-22-16)21-10-15(25)11-24-5-7-26-8-6-24/h1-4,9,12,15,25H,5-8,10-11H2,(H,21,22,23). The number of β-amino-alcohol motifs (C(OH)–C–C–N with tert-alkyl or cyclic N) is 1. The second-order valence-corrected chi connectivity index (χ2v) is 8.47. The molecule has 2 aromatic heterocycles. The number of aromatic nitrogens is 2. The highest BCUT2D eigenvalue weighted by atomic mass is 79.9. The Morgan fingerprint density at radius 3 is 2.78 bits per heavy atom. The van der Waals surface area contributed by atoms with Crippen LogP contribution in [0.2, 0.25) is 0 Å². The van der Waals surface area contributed by atoms with Crippen molar-refractivity contribution in [2.45, 2.75) is 6.10 Å². The maximum Gasteiger partial charge on any atom is 0.147 e. The first-order valence-electron chi connectivity index (χ1n) is 8.91. The number of aliphatic hydroxyl groups excluding tert-OH is 1. The number of anilines is 1. The zero-order valence-corrected chi connectivity index (χ0v) is 17.2. The molecule has 8 heteroatoms. The van der Waals surface area contributed by atoms with E-state index in [9.17, 15) is 5.11 Å². The van der Waals surface area contributed by atoms with E-state index in [1.165, 1.54) is 0 Å². The Labute approximate surface area is 170 Å². The summed E-state index contributed by atoms with van der Waals surface area (Å²) < 4.78 is 7.41. The minimum absolute atomic E-state index is 0.453. The molecule has 0 bridgehead atoms. The van der Waals surface area contributed by atoms with Crippen molar-refractivity contribution in [2.24, 2.45) is 0 Å². The van der Waals surface area contributed by atoms with Crippen molar-refractivity contribution in [2.75, 3.05) is 44.7 Å². The lowest BCUT2D eigenvalue weighted by atomic mass is 10.2. The Morgan fingerprint density at radius 1 is 1.22 bits per heavy atom. The van der Waals surface area contributed by atoms with Gasteiger partial charge in [-0.2, -0.15) is 0 Å². The van der Waals surface area contributed by atoms with Crippen molar-refractivity contribution in [1.82, 2.24) is 14.9 Å². The fourth-order valence-electron chi connectivity index (χ4n) is 3.10. The molecular weight excluding hydrogens is 428 g/mol. The summed E-state index contributed by atoms with van der Waals surface area (Å²) >= 11 is 5.13. The largest absolute Gasteiger partial charge is 0.390 e. The summed E-state index contributed by atoms with van der Waals surface area (Å²) in [7, 11) is 0. The smallest absolute Gasteiger partial charge is 0.147 e. The molecule has 6 nitrogen and oxygen atoms in total. The van der Waals surface area contributed by atoms with Crippen molar-refractivity contribution in [1.29, 1.82) is 0 Å². The van der Waals surface area contributed by atoms with Gasteiger partial charge in [-0.1, -0.05) is 28.1 Å². The van der Waals surface area contributed by atoms with Crippen molar-refractivity contribution < 1.29 is 9.84 Å². The van der Waals surface area contributed by atoms with E-state index < -0.39 is 6.10 Å². The van der Waals surface area contributed by atoms with Crippen molar-refractivity contribution >= 4 is 43.3 Å². The van der Waals surface area contributed by atoms with Crippen LogP contribution < -0.4 is 5.32 Å².